The first-order valence-electron chi connectivity index (χ1n) is 8.62. The Morgan fingerprint density at radius 3 is 2.26 bits per heavy atom. The van der Waals surface area contributed by atoms with Gasteiger partial charge in [-0.3, -0.25) is 14.4 Å². The van der Waals surface area contributed by atoms with Crippen LogP contribution in [0.3, 0.4) is 0 Å². The van der Waals surface area contributed by atoms with Gasteiger partial charge < -0.3 is 4.74 Å². The third-order valence-electron chi connectivity index (χ3n) is 3.62. The minimum absolute atomic E-state index is 0.0545. The summed E-state index contributed by atoms with van der Waals surface area (Å²) in [4.78, 5) is 29.5. The first-order chi connectivity index (χ1) is 10.7. The van der Waals surface area contributed by atoms with Crippen molar-refractivity contribution in [1.29, 1.82) is 0 Å². The Labute approximate surface area is 141 Å². The molecule has 1 amide bonds. The summed E-state index contributed by atoms with van der Waals surface area (Å²) in [5, 5.41) is 1.22. The van der Waals surface area contributed by atoms with E-state index in [-0.39, 0.29) is 29.4 Å². The van der Waals surface area contributed by atoms with Crippen LogP contribution in [0.25, 0.3) is 0 Å². The Morgan fingerprint density at radius 2 is 1.74 bits per heavy atom. The van der Waals surface area contributed by atoms with Gasteiger partial charge in [0.2, 0.25) is 5.91 Å². The van der Waals surface area contributed by atoms with E-state index in [1.807, 2.05) is 20.8 Å². The molecule has 1 unspecified atom stereocenters. The van der Waals surface area contributed by atoms with Gasteiger partial charge in [-0.05, 0) is 24.7 Å². The zero-order valence-corrected chi connectivity index (χ0v) is 15.8. The van der Waals surface area contributed by atoms with E-state index in [9.17, 15) is 9.59 Å². The minimum atomic E-state index is -0.329. The van der Waals surface area contributed by atoms with Gasteiger partial charge in [-0.15, -0.1) is 0 Å². The summed E-state index contributed by atoms with van der Waals surface area (Å²) in [5.41, 5.74) is -0.0545. The Hall–Kier alpha value is -0.940. The van der Waals surface area contributed by atoms with Crippen LogP contribution in [0.15, 0.2) is 0 Å². The highest BCUT2D eigenvalue weighted by atomic mass is 16.7. The van der Waals surface area contributed by atoms with Gasteiger partial charge in [-0.25, -0.2) is 5.06 Å². The molecule has 0 aromatic heterocycles. The molecule has 0 heterocycles. The summed E-state index contributed by atoms with van der Waals surface area (Å²) in [6.45, 7) is 9.61. The monoisotopic (exact) mass is 329 g/mol. The van der Waals surface area contributed by atoms with Gasteiger partial charge in [0.05, 0.1) is 7.11 Å². The molecule has 0 radical (unpaired) electrons. The van der Waals surface area contributed by atoms with E-state index in [4.69, 9.17) is 9.57 Å². The fraction of sp³-hybridized carbons (Fsp3) is 0.889. The number of ether oxygens (including phenoxy) is 1. The number of carbonyl (C=O) groups is 2. The number of rotatable bonds is 12. The van der Waals surface area contributed by atoms with Crippen LogP contribution in [0.1, 0.15) is 66.2 Å². The van der Waals surface area contributed by atoms with Crippen molar-refractivity contribution < 1.29 is 19.2 Å². The third kappa shape index (κ3) is 11.3. The Kier molecular flexibility index (Phi) is 11.1. The Bertz CT molecular complexity index is 349. The normalized spacial score (nSPS) is 13.0. The number of hydrogen-bond donors (Lipinski definition) is 0. The molecule has 0 aliphatic heterocycles. The molecule has 0 saturated carbocycles. The standard InChI is InChI=1S/C18H35NO4/c1-7-8-11-23-12-9-10-15(17(21)19(5)22-6)13-16(20)14-18(2,3)4/h15H,7-14H2,1-6H3. The highest BCUT2D eigenvalue weighted by molar-refractivity contribution is 5.86. The number of Topliss-reactive ketones (excluding diaryl/α,β-unsaturated/α-hetero) is 1. The number of hydrogen-bond acceptors (Lipinski definition) is 4. The van der Waals surface area contributed by atoms with Crippen LogP contribution in [0.4, 0.5) is 0 Å². The van der Waals surface area contributed by atoms with Crippen molar-refractivity contribution in [2.75, 3.05) is 27.4 Å². The fourth-order valence-corrected chi connectivity index (χ4v) is 2.38. The number of unbranched alkanes of at least 4 members (excludes halogenated alkanes) is 1. The van der Waals surface area contributed by atoms with Gasteiger partial charge >= 0.3 is 0 Å². The second-order valence-corrected chi connectivity index (χ2v) is 7.30. The first-order valence-corrected chi connectivity index (χ1v) is 8.62. The third-order valence-corrected chi connectivity index (χ3v) is 3.62. The van der Waals surface area contributed by atoms with Gasteiger partial charge in [0.15, 0.2) is 0 Å². The van der Waals surface area contributed by atoms with Crippen molar-refractivity contribution in [3.8, 4) is 0 Å². The van der Waals surface area contributed by atoms with Gasteiger partial charge in [0, 0.05) is 39.0 Å². The molecule has 0 saturated heterocycles. The van der Waals surface area contributed by atoms with E-state index in [0.717, 1.165) is 25.9 Å². The van der Waals surface area contributed by atoms with E-state index >= 15 is 0 Å². The van der Waals surface area contributed by atoms with Crippen LogP contribution in [-0.4, -0.2) is 44.1 Å². The molecule has 0 fully saturated rings. The molecule has 23 heavy (non-hydrogen) atoms. The molecule has 0 bridgehead atoms. The van der Waals surface area contributed by atoms with Crippen molar-refractivity contribution in [3.63, 3.8) is 0 Å². The lowest BCUT2D eigenvalue weighted by Gasteiger charge is -2.23. The van der Waals surface area contributed by atoms with Gasteiger partial charge in [-0.2, -0.15) is 0 Å². The van der Waals surface area contributed by atoms with Crippen LogP contribution >= 0.6 is 0 Å². The maximum absolute atomic E-state index is 12.3. The van der Waals surface area contributed by atoms with Crippen molar-refractivity contribution in [1.82, 2.24) is 5.06 Å². The summed E-state index contributed by atoms with van der Waals surface area (Å²) in [7, 11) is 3.04. The Balaban J connectivity index is 4.46. The van der Waals surface area contributed by atoms with E-state index in [1.165, 1.54) is 12.2 Å². The number of hydroxylamine groups is 2. The average molecular weight is 329 g/mol. The van der Waals surface area contributed by atoms with Crippen LogP contribution in [-0.2, 0) is 19.2 Å². The maximum atomic E-state index is 12.3. The highest BCUT2D eigenvalue weighted by Crippen LogP contribution is 2.23. The zero-order valence-electron chi connectivity index (χ0n) is 15.8. The Morgan fingerprint density at radius 1 is 1.13 bits per heavy atom. The molecular weight excluding hydrogens is 294 g/mol. The van der Waals surface area contributed by atoms with E-state index in [0.29, 0.717) is 19.4 Å². The van der Waals surface area contributed by atoms with Crippen molar-refractivity contribution >= 4 is 11.7 Å². The smallest absolute Gasteiger partial charge is 0.249 e. The summed E-state index contributed by atoms with van der Waals surface area (Å²) in [6, 6.07) is 0. The van der Waals surface area contributed by atoms with Gasteiger partial charge in [-0.1, -0.05) is 34.1 Å². The number of ketones is 1. The van der Waals surface area contributed by atoms with Crippen molar-refractivity contribution in [3.05, 3.63) is 0 Å². The first kappa shape index (κ1) is 22.1. The molecule has 0 aliphatic rings. The summed E-state index contributed by atoms with van der Waals surface area (Å²) >= 11 is 0. The molecule has 0 N–H and O–H groups in total. The molecular formula is C18H35NO4. The number of nitrogens with zero attached hydrogens (tertiary/aromatic N) is 1. The lowest BCUT2D eigenvalue weighted by molar-refractivity contribution is -0.174. The molecule has 0 spiro atoms. The highest BCUT2D eigenvalue weighted by Gasteiger charge is 2.26. The second kappa shape index (κ2) is 11.6. The van der Waals surface area contributed by atoms with E-state index in [2.05, 4.69) is 6.92 Å². The van der Waals surface area contributed by atoms with Crippen molar-refractivity contribution in [2.24, 2.45) is 11.3 Å². The maximum Gasteiger partial charge on any atom is 0.249 e. The number of carbonyl (C=O) groups excluding carboxylic acids is 2. The largest absolute Gasteiger partial charge is 0.381 e. The topological polar surface area (TPSA) is 55.8 Å². The molecule has 0 aliphatic carbocycles. The van der Waals surface area contributed by atoms with Crippen LogP contribution in [0, 0.1) is 11.3 Å². The molecule has 1 atom stereocenters. The average Bonchev–Trinajstić information content (AvgIpc) is 2.46. The van der Waals surface area contributed by atoms with Crippen LogP contribution < -0.4 is 0 Å². The zero-order chi connectivity index (χ0) is 17.9. The van der Waals surface area contributed by atoms with E-state index < -0.39 is 0 Å². The molecule has 0 rings (SSSR count). The predicted molar refractivity (Wildman–Crippen MR) is 91.9 cm³/mol. The fourth-order valence-electron chi connectivity index (χ4n) is 2.38. The molecule has 0 aromatic rings. The number of amides is 1. The minimum Gasteiger partial charge on any atom is -0.381 e. The molecule has 5 heteroatoms. The SMILES string of the molecule is CCCCOCCCC(CC(=O)CC(C)(C)C)C(=O)N(C)OC. The van der Waals surface area contributed by atoms with Gasteiger partial charge in [0.1, 0.15) is 5.78 Å². The van der Waals surface area contributed by atoms with Gasteiger partial charge in [0.25, 0.3) is 0 Å². The van der Waals surface area contributed by atoms with Crippen LogP contribution in [0.5, 0.6) is 0 Å². The lowest BCUT2D eigenvalue weighted by atomic mass is 9.86. The molecule has 0 aromatic carbocycles. The molecule has 136 valence electrons. The quantitative estimate of drug-likeness (QED) is 0.405. The second-order valence-electron chi connectivity index (χ2n) is 7.30. The van der Waals surface area contributed by atoms with Crippen molar-refractivity contribution in [2.45, 2.75) is 66.2 Å². The predicted octanol–water partition coefficient (Wildman–Crippen LogP) is 3.61. The van der Waals surface area contributed by atoms with E-state index in [1.54, 1.807) is 7.05 Å². The molecule has 5 nitrogen and oxygen atoms in total. The summed E-state index contributed by atoms with van der Waals surface area (Å²) < 4.78 is 5.54. The summed E-state index contributed by atoms with van der Waals surface area (Å²) in [6.07, 6.45) is 4.36. The van der Waals surface area contributed by atoms with Crippen LogP contribution in [0.2, 0.25) is 0 Å². The lowest BCUT2D eigenvalue weighted by Crippen LogP contribution is -2.34. The summed E-state index contributed by atoms with van der Waals surface area (Å²) in [5.74, 6) is -0.333.